The lowest BCUT2D eigenvalue weighted by atomic mass is 10.5. The molecule has 4 N–H and O–H groups in total. The first-order valence-corrected chi connectivity index (χ1v) is 4.41. The maximum Gasteiger partial charge on any atom is 0.351 e. The zero-order chi connectivity index (χ0) is 10.6. The molecule has 0 amide bonds. The van der Waals surface area contributed by atoms with Crippen molar-refractivity contribution in [3.8, 4) is 0 Å². The highest BCUT2D eigenvalue weighted by molar-refractivity contribution is 5.34. The number of hydrogen-bond acceptors (Lipinski definition) is 6. The average Bonchev–Trinajstić information content (AvgIpc) is 2.19. The van der Waals surface area contributed by atoms with Crippen molar-refractivity contribution in [2.75, 3.05) is 23.4 Å². The lowest BCUT2D eigenvalue weighted by Crippen LogP contribution is -2.29. The molecule has 0 aliphatic carbocycles. The predicted molar refractivity (Wildman–Crippen MR) is 54.0 cm³/mol. The van der Waals surface area contributed by atoms with Crippen molar-refractivity contribution < 1.29 is 0 Å². The topological polar surface area (TPSA) is 99.9 Å². The smallest absolute Gasteiger partial charge is 0.341 e. The third kappa shape index (κ3) is 2.19. The van der Waals surface area contributed by atoms with Gasteiger partial charge in [0.15, 0.2) is 0 Å². The van der Waals surface area contributed by atoms with E-state index >= 15 is 0 Å². The third-order valence-corrected chi connectivity index (χ3v) is 1.82. The highest BCUT2D eigenvalue weighted by Gasteiger charge is 2.07. The van der Waals surface area contributed by atoms with E-state index in [4.69, 9.17) is 5.84 Å². The van der Waals surface area contributed by atoms with Gasteiger partial charge < -0.3 is 4.90 Å². The van der Waals surface area contributed by atoms with Crippen LogP contribution < -0.4 is 21.9 Å². The molecule has 0 fully saturated rings. The summed E-state index contributed by atoms with van der Waals surface area (Å²) in [4.78, 5) is 23.0. The molecule has 1 aromatic rings. The number of nitrogen functional groups attached to an aromatic ring is 1. The van der Waals surface area contributed by atoms with Gasteiger partial charge in [-0.15, -0.1) is 0 Å². The molecule has 1 rings (SSSR count). The number of hydrazine groups is 1. The number of nitrogens with two attached hydrogens (primary N) is 1. The summed E-state index contributed by atoms with van der Waals surface area (Å²) in [6.45, 7) is 5.40. The standard InChI is InChI=1S/C7H14N6O/c1-3-13(4-2)6-9-5(12-8)10-7(14)11-6/h3-4,8H2,1-2H3,(H2,9,10,11,12,14). The van der Waals surface area contributed by atoms with E-state index in [0.717, 1.165) is 13.1 Å². The molecular weight excluding hydrogens is 184 g/mol. The van der Waals surface area contributed by atoms with Crippen molar-refractivity contribution in [1.82, 2.24) is 15.0 Å². The second-order valence-corrected chi connectivity index (χ2v) is 2.62. The van der Waals surface area contributed by atoms with Crippen molar-refractivity contribution in [1.29, 1.82) is 0 Å². The van der Waals surface area contributed by atoms with Crippen LogP contribution in [0.25, 0.3) is 0 Å². The van der Waals surface area contributed by atoms with Crippen molar-refractivity contribution >= 4 is 11.9 Å². The summed E-state index contributed by atoms with van der Waals surface area (Å²) in [6.07, 6.45) is 0. The number of aromatic nitrogens is 3. The molecule has 0 bridgehead atoms. The zero-order valence-electron chi connectivity index (χ0n) is 8.24. The van der Waals surface area contributed by atoms with E-state index in [-0.39, 0.29) is 5.95 Å². The van der Waals surface area contributed by atoms with Crippen LogP contribution in [0, 0.1) is 0 Å². The largest absolute Gasteiger partial charge is 0.351 e. The summed E-state index contributed by atoms with van der Waals surface area (Å²) in [6, 6.07) is 0. The SMILES string of the molecule is CCN(CC)c1nc(NN)[nH]c(=O)n1. The quantitative estimate of drug-likeness (QED) is 0.437. The van der Waals surface area contributed by atoms with Gasteiger partial charge in [-0.1, -0.05) is 0 Å². The van der Waals surface area contributed by atoms with Gasteiger partial charge in [0.05, 0.1) is 0 Å². The highest BCUT2D eigenvalue weighted by Crippen LogP contribution is 2.04. The van der Waals surface area contributed by atoms with Crippen molar-refractivity contribution in [3.63, 3.8) is 0 Å². The summed E-state index contributed by atoms with van der Waals surface area (Å²) in [5.74, 6) is 5.74. The van der Waals surface area contributed by atoms with Gasteiger partial charge in [-0.3, -0.25) is 10.4 Å². The molecule has 0 radical (unpaired) electrons. The first-order chi connectivity index (χ1) is 6.71. The van der Waals surface area contributed by atoms with Gasteiger partial charge in [0.2, 0.25) is 11.9 Å². The minimum absolute atomic E-state index is 0.215. The first kappa shape index (κ1) is 10.5. The highest BCUT2D eigenvalue weighted by atomic mass is 16.1. The molecule has 0 aliphatic rings. The summed E-state index contributed by atoms with van der Waals surface area (Å²) in [5, 5.41) is 0. The Hall–Kier alpha value is -1.63. The number of H-pyrrole nitrogens is 1. The Bertz CT molecular complexity index is 344. The molecular formula is C7H14N6O. The Morgan fingerprint density at radius 1 is 1.43 bits per heavy atom. The van der Waals surface area contributed by atoms with Gasteiger partial charge in [0, 0.05) is 13.1 Å². The Kier molecular flexibility index (Phi) is 3.41. The van der Waals surface area contributed by atoms with E-state index in [1.165, 1.54) is 0 Å². The molecule has 0 spiro atoms. The molecule has 14 heavy (non-hydrogen) atoms. The van der Waals surface area contributed by atoms with Gasteiger partial charge in [0.1, 0.15) is 0 Å². The minimum atomic E-state index is -0.463. The summed E-state index contributed by atoms with van der Waals surface area (Å²) in [5.41, 5.74) is 1.81. The molecule has 0 aliphatic heterocycles. The minimum Gasteiger partial charge on any atom is -0.341 e. The van der Waals surface area contributed by atoms with Crippen molar-refractivity contribution in [3.05, 3.63) is 10.5 Å². The average molecular weight is 198 g/mol. The van der Waals surface area contributed by atoms with Gasteiger partial charge >= 0.3 is 5.69 Å². The molecule has 78 valence electrons. The zero-order valence-corrected chi connectivity index (χ0v) is 8.24. The maximum absolute atomic E-state index is 11.1. The van der Waals surface area contributed by atoms with Crippen LogP contribution in [-0.2, 0) is 0 Å². The van der Waals surface area contributed by atoms with Crippen LogP contribution in [0.3, 0.4) is 0 Å². The molecule has 7 heteroatoms. The van der Waals surface area contributed by atoms with E-state index in [0.29, 0.717) is 5.95 Å². The number of aromatic amines is 1. The van der Waals surface area contributed by atoms with Gasteiger partial charge in [-0.25, -0.2) is 10.6 Å². The number of nitrogens with one attached hydrogen (secondary N) is 2. The van der Waals surface area contributed by atoms with Crippen LogP contribution in [-0.4, -0.2) is 28.0 Å². The number of hydrogen-bond donors (Lipinski definition) is 3. The summed E-state index contributed by atoms with van der Waals surface area (Å²) in [7, 11) is 0. The maximum atomic E-state index is 11.1. The van der Waals surface area contributed by atoms with Gasteiger partial charge in [0.25, 0.3) is 0 Å². The molecule has 1 aromatic heterocycles. The van der Waals surface area contributed by atoms with Gasteiger partial charge in [-0.05, 0) is 13.8 Å². The molecule has 7 nitrogen and oxygen atoms in total. The first-order valence-electron chi connectivity index (χ1n) is 4.41. The van der Waals surface area contributed by atoms with E-state index in [2.05, 4.69) is 20.4 Å². The second-order valence-electron chi connectivity index (χ2n) is 2.62. The summed E-state index contributed by atoms with van der Waals surface area (Å²) < 4.78 is 0. The van der Waals surface area contributed by atoms with Gasteiger partial charge in [-0.2, -0.15) is 9.97 Å². The van der Waals surface area contributed by atoms with E-state index in [1.807, 2.05) is 18.7 Å². The monoisotopic (exact) mass is 198 g/mol. The molecule has 0 atom stereocenters. The Morgan fingerprint density at radius 2 is 2.07 bits per heavy atom. The van der Waals surface area contributed by atoms with Crippen LogP contribution in [0.4, 0.5) is 11.9 Å². The number of nitrogens with zero attached hydrogens (tertiary/aromatic N) is 3. The fourth-order valence-corrected chi connectivity index (χ4v) is 1.09. The van der Waals surface area contributed by atoms with Crippen LogP contribution in [0.5, 0.6) is 0 Å². The Labute approximate surface area is 81.3 Å². The second kappa shape index (κ2) is 4.56. The predicted octanol–water partition coefficient (Wildman–Crippen LogP) is -0.703. The van der Waals surface area contributed by atoms with E-state index in [1.54, 1.807) is 0 Å². The van der Waals surface area contributed by atoms with Crippen molar-refractivity contribution in [2.24, 2.45) is 5.84 Å². The molecule has 0 saturated heterocycles. The molecule has 0 saturated carbocycles. The van der Waals surface area contributed by atoms with Crippen LogP contribution >= 0.6 is 0 Å². The molecule has 0 aromatic carbocycles. The van der Waals surface area contributed by atoms with Crippen LogP contribution in [0.1, 0.15) is 13.8 Å². The number of anilines is 2. The molecule has 0 unspecified atom stereocenters. The van der Waals surface area contributed by atoms with Crippen molar-refractivity contribution in [2.45, 2.75) is 13.8 Å². The Morgan fingerprint density at radius 3 is 2.57 bits per heavy atom. The van der Waals surface area contributed by atoms with E-state index < -0.39 is 5.69 Å². The fourth-order valence-electron chi connectivity index (χ4n) is 1.09. The Balaban J connectivity index is 3.07. The van der Waals surface area contributed by atoms with Crippen LogP contribution in [0.2, 0.25) is 0 Å². The third-order valence-electron chi connectivity index (χ3n) is 1.82. The van der Waals surface area contributed by atoms with E-state index in [9.17, 15) is 4.79 Å². The summed E-state index contributed by atoms with van der Waals surface area (Å²) >= 11 is 0. The van der Waals surface area contributed by atoms with Crippen LogP contribution in [0.15, 0.2) is 4.79 Å². The lowest BCUT2D eigenvalue weighted by Gasteiger charge is -2.17. The molecule has 1 heterocycles. The lowest BCUT2D eigenvalue weighted by molar-refractivity contribution is 0.802. The fraction of sp³-hybridized carbons (Fsp3) is 0.571. The number of rotatable bonds is 4. The normalized spacial score (nSPS) is 9.93.